The van der Waals surface area contributed by atoms with E-state index in [1.165, 1.54) is 51.4 Å². The van der Waals surface area contributed by atoms with Crippen molar-refractivity contribution in [2.24, 2.45) is 0 Å². The third-order valence-corrected chi connectivity index (χ3v) is 9.58. The summed E-state index contributed by atoms with van der Waals surface area (Å²) in [6.45, 7) is 3.28. The molecule has 1 aliphatic heterocycles. The Morgan fingerprint density at radius 3 is 1.60 bits per heavy atom. The lowest BCUT2D eigenvalue weighted by Gasteiger charge is -2.39. The van der Waals surface area contributed by atoms with Gasteiger partial charge in [0.25, 0.3) is 0 Å². The van der Waals surface area contributed by atoms with Crippen LogP contribution in [-0.2, 0) is 28.5 Å². The number of hydrogen-bond donors (Lipinski definition) is 4. The van der Waals surface area contributed by atoms with Crippen molar-refractivity contribution in [1.29, 1.82) is 0 Å². The fourth-order valence-electron chi connectivity index (χ4n) is 6.05. The van der Waals surface area contributed by atoms with E-state index in [0.29, 0.717) is 12.8 Å². The second kappa shape index (κ2) is 37.4. The van der Waals surface area contributed by atoms with Gasteiger partial charge in [0.2, 0.25) is 0 Å². The number of allylic oxidation sites excluding steroid dienone is 12. The van der Waals surface area contributed by atoms with Crippen molar-refractivity contribution in [2.45, 2.75) is 192 Å². The van der Waals surface area contributed by atoms with Crippen LogP contribution >= 0.6 is 0 Å². The summed E-state index contributed by atoms with van der Waals surface area (Å²) in [6.07, 6.45) is 39.2. The number of rotatable bonds is 35. The average Bonchev–Trinajstić information content (AvgIpc) is 3.21. The lowest BCUT2D eigenvalue weighted by Crippen LogP contribution is -2.59. The lowest BCUT2D eigenvalue weighted by molar-refractivity contribution is -0.305. The molecule has 1 rings (SSSR count). The van der Waals surface area contributed by atoms with Gasteiger partial charge in [-0.3, -0.25) is 9.59 Å². The highest BCUT2D eigenvalue weighted by Crippen LogP contribution is 2.22. The summed E-state index contributed by atoms with van der Waals surface area (Å²) in [5.41, 5.74) is 0. The van der Waals surface area contributed by atoms with Crippen LogP contribution in [0.4, 0.5) is 0 Å². The van der Waals surface area contributed by atoms with E-state index in [1.807, 2.05) is 12.2 Å². The maximum atomic E-state index is 12.7. The van der Waals surface area contributed by atoms with Crippen molar-refractivity contribution in [1.82, 2.24) is 0 Å². The highest BCUT2D eigenvalue weighted by molar-refractivity contribution is 5.70. The number of hydrogen-bond acceptors (Lipinski definition) is 10. The van der Waals surface area contributed by atoms with Gasteiger partial charge in [-0.1, -0.05) is 138 Å². The van der Waals surface area contributed by atoms with E-state index in [0.717, 1.165) is 64.2 Å². The van der Waals surface area contributed by atoms with E-state index in [1.54, 1.807) is 0 Å². The summed E-state index contributed by atoms with van der Waals surface area (Å²) in [5.74, 6) is -0.920. The monoisotopic (exact) mass is 803 g/mol. The fourth-order valence-corrected chi connectivity index (χ4v) is 6.05. The highest BCUT2D eigenvalue weighted by atomic mass is 16.7. The summed E-state index contributed by atoms with van der Waals surface area (Å²) in [6, 6.07) is 0. The Bertz CT molecular complexity index is 1160. The first-order valence-electron chi connectivity index (χ1n) is 22.0. The smallest absolute Gasteiger partial charge is 0.306 e. The quantitative estimate of drug-likeness (QED) is 0.0277. The Labute approximate surface area is 344 Å². The number of aliphatic hydroxyl groups excluding tert-OH is 4. The number of ether oxygens (including phenoxy) is 4. The molecule has 10 heteroatoms. The van der Waals surface area contributed by atoms with E-state index in [9.17, 15) is 30.0 Å². The van der Waals surface area contributed by atoms with Gasteiger partial charge in [0.1, 0.15) is 31.0 Å². The zero-order valence-electron chi connectivity index (χ0n) is 35.3. The van der Waals surface area contributed by atoms with E-state index in [-0.39, 0.29) is 26.1 Å². The predicted octanol–water partition coefficient (Wildman–Crippen LogP) is 9.22. The van der Waals surface area contributed by atoms with Crippen LogP contribution in [0.5, 0.6) is 0 Å². The Morgan fingerprint density at radius 1 is 0.544 bits per heavy atom. The zero-order valence-corrected chi connectivity index (χ0v) is 35.3. The molecule has 0 radical (unpaired) electrons. The first kappa shape index (κ1) is 52.2. The number of aliphatic hydroxyl groups is 4. The molecule has 1 aliphatic rings. The summed E-state index contributed by atoms with van der Waals surface area (Å²) in [4.78, 5) is 25.3. The Morgan fingerprint density at radius 2 is 1.02 bits per heavy atom. The molecule has 10 nitrogen and oxygen atoms in total. The molecule has 0 aromatic carbocycles. The van der Waals surface area contributed by atoms with Crippen molar-refractivity contribution < 1.29 is 49.0 Å². The molecule has 0 saturated carbocycles. The number of carbonyl (C=O) groups is 2. The van der Waals surface area contributed by atoms with Crippen molar-refractivity contribution in [3.63, 3.8) is 0 Å². The molecule has 326 valence electrons. The number of esters is 2. The van der Waals surface area contributed by atoms with Gasteiger partial charge in [-0.15, -0.1) is 0 Å². The van der Waals surface area contributed by atoms with Crippen LogP contribution in [-0.4, -0.2) is 89.0 Å². The van der Waals surface area contributed by atoms with Gasteiger partial charge in [0.15, 0.2) is 12.4 Å². The molecule has 1 saturated heterocycles. The van der Waals surface area contributed by atoms with Crippen LogP contribution in [0, 0.1) is 0 Å². The van der Waals surface area contributed by atoms with Gasteiger partial charge in [0, 0.05) is 12.8 Å². The molecule has 0 aliphatic carbocycles. The van der Waals surface area contributed by atoms with Crippen LogP contribution in [0.3, 0.4) is 0 Å². The molecular weight excluding hydrogens is 725 g/mol. The molecule has 1 fully saturated rings. The van der Waals surface area contributed by atoms with E-state index >= 15 is 0 Å². The maximum absolute atomic E-state index is 12.7. The molecule has 0 spiro atoms. The van der Waals surface area contributed by atoms with E-state index in [2.05, 4.69) is 74.6 Å². The first-order chi connectivity index (χ1) is 27.8. The van der Waals surface area contributed by atoms with Crippen LogP contribution in [0.25, 0.3) is 0 Å². The molecule has 2 unspecified atom stereocenters. The highest BCUT2D eigenvalue weighted by Gasteiger charge is 2.44. The molecule has 57 heavy (non-hydrogen) atoms. The van der Waals surface area contributed by atoms with Gasteiger partial charge in [-0.25, -0.2) is 0 Å². The van der Waals surface area contributed by atoms with Crippen molar-refractivity contribution in [3.05, 3.63) is 72.9 Å². The topological polar surface area (TPSA) is 152 Å². The Balaban J connectivity index is 2.42. The first-order valence-corrected chi connectivity index (χ1v) is 22.0. The van der Waals surface area contributed by atoms with Gasteiger partial charge in [0.05, 0.1) is 13.2 Å². The predicted molar refractivity (Wildman–Crippen MR) is 228 cm³/mol. The Hall–Kier alpha value is -2.86. The summed E-state index contributed by atoms with van der Waals surface area (Å²) in [5, 5.41) is 40.0. The van der Waals surface area contributed by atoms with Crippen molar-refractivity contribution in [2.75, 3.05) is 19.8 Å². The normalized spacial score (nSPS) is 21.0. The van der Waals surface area contributed by atoms with Gasteiger partial charge in [-0.2, -0.15) is 0 Å². The molecule has 6 atom stereocenters. The largest absolute Gasteiger partial charge is 0.462 e. The lowest BCUT2D eigenvalue weighted by atomic mass is 9.99. The molecule has 0 amide bonds. The molecule has 0 bridgehead atoms. The number of unbranched alkanes of at least 4 members (excludes halogenated alkanes) is 12. The minimum absolute atomic E-state index is 0.102. The third kappa shape index (κ3) is 29.1. The van der Waals surface area contributed by atoms with Crippen LogP contribution < -0.4 is 0 Å². The maximum Gasteiger partial charge on any atom is 0.306 e. The van der Waals surface area contributed by atoms with E-state index in [4.69, 9.17) is 18.9 Å². The van der Waals surface area contributed by atoms with Gasteiger partial charge >= 0.3 is 11.9 Å². The van der Waals surface area contributed by atoms with Crippen LogP contribution in [0.15, 0.2) is 72.9 Å². The van der Waals surface area contributed by atoms with Crippen molar-refractivity contribution in [3.8, 4) is 0 Å². The molecule has 4 N–H and O–H groups in total. The molecular formula is C47H78O10. The van der Waals surface area contributed by atoms with E-state index < -0.39 is 55.4 Å². The zero-order chi connectivity index (χ0) is 41.6. The van der Waals surface area contributed by atoms with Crippen LogP contribution in [0.1, 0.15) is 155 Å². The van der Waals surface area contributed by atoms with Crippen LogP contribution in [0.2, 0.25) is 0 Å². The molecule has 0 aromatic rings. The number of carbonyl (C=O) groups excluding carboxylic acids is 2. The second-order valence-electron chi connectivity index (χ2n) is 14.8. The Kier molecular flexibility index (Phi) is 34.2. The summed E-state index contributed by atoms with van der Waals surface area (Å²) in [7, 11) is 0. The SMILES string of the molecule is CCCCC/C=C/C/C=C/C/C=C/C/C=C/C/C=C/CCC(=O)O[C@H](COC(=O)CCCCCCC/C=C/CCCCCC)CO[C@@H]1O[C@H](CO)[C@H](O)C(O)C1O. The third-order valence-electron chi connectivity index (χ3n) is 9.58. The summed E-state index contributed by atoms with van der Waals surface area (Å²) >= 11 is 0. The second-order valence-corrected chi connectivity index (χ2v) is 14.8. The van der Waals surface area contributed by atoms with Crippen molar-refractivity contribution >= 4 is 11.9 Å². The average molecular weight is 803 g/mol. The molecule has 0 aromatic heterocycles. The van der Waals surface area contributed by atoms with Gasteiger partial charge < -0.3 is 39.4 Å². The van der Waals surface area contributed by atoms with Gasteiger partial charge in [-0.05, 0) is 77.0 Å². The minimum Gasteiger partial charge on any atom is -0.462 e. The fraction of sp³-hybridized carbons (Fsp3) is 0.702. The minimum atomic E-state index is -1.61. The molecule has 1 heterocycles. The standard InChI is InChI=1S/C47H78O10/c1-3-5-7-9-11-13-15-17-18-19-20-21-22-24-26-28-30-32-34-36-43(50)56-40(39-55-47-46(53)45(52)44(51)41(37-48)57-47)38-54-42(49)35-33-31-29-27-25-23-16-14-12-10-8-6-4-2/h11,13-14,16-18,20-21,24,26,30,32,40-41,44-48,51-53H,3-10,12,15,19,22-23,25,27-29,31,33-39H2,1-2H3/b13-11+,16-14+,18-17+,21-20+,26-24+,32-30+/t40-,41-,44+,45?,46?,47-/m1/s1. The summed E-state index contributed by atoms with van der Waals surface area (Å²) < 4.78 is 22.0.